The molecule has 3 fully saturated rings. The Morgan fingerprint density at radius 3 is 2.62 bits per heavy atom. The molecule has 4 rings (SSSR count). The highest BCUT2D eigenvalue weighted by molar-refractivity contribution is 6.29. The number of hydrogen-bond acceptors (Lipinski definition) is 4. The van der Waals surface area contributed by atoms with Gasteiger partial charge in [-0.25, -0.2) is 9.97 Å². The van der Waals surface area contributed by atoms with Gasteiger partial charge < -0.3 is 10.0 Å². The Kier molecular flexibility index (Phi) is 2.30. The first kappa shape index (κ1) is 10.3. The molecular weight excluding hydrogens is 226 g/mol. The van der Waals surface area contributed by atoms with Gasteiger partial charge in [-0.05, 0) is 13.3 Å². The van der Waals surface area contributed by atoms with Crippen LogP contribution in [0.25, 0.3) is 0 Å². The monoisotopic (exact) mass is 239 g/mol. The first-order valence-electron chi connectivity index (χ1n) is 5.57. The van der Waals surface area contributed by atoms with Crippen molar-refractivity contribution < 1.29 is 5.11 Å². The zero-order chi connectivity index (χ0) is 11.3. The second-order valence-corrected chi connectivity index (χ2v) is 5.13. The lowest BCUT2D eigenvalue weighted by molar-refractivity contribution is -0.0533. The van der Waals surface area contributed by atoms with Gasteiger partial charge in [0.1, 0.15) is 16.8 Å². The van der Waals surface area contributed by atoms with Crippen LogP contribution in [0.2, 0.25) is 5.15 Å². The molecule has 3 atom stereocenters. The molecule has 1 aliphatic carbocycles. The SMILES string of the molecule is Cc1nc(Cl)cc(N2C[C@H]3C[C@@H](C2)C3O)n1. The van der Waals surface area contributed by atoms with E-state index in [-0.39, 0.29) is 6.10 Å². The van der Waals surface area contributed by atoms with Crippen LogP contribution in [0.15, 0.2) is 6.07 Å². The van der Waals surface area contributed by atoms with Crippen molar-refractivity contribution in [3.05, 3.63) is 17.0 Å². The Morgan fingerprint density at radius 2 is 2.06 bits per heavy atom. The Bertz CT molecular complexity index is 393. The van der Waals surface area contributed by atoms with E-state index in [9.17, 15) is 5.11 Å². The summed E-state index contributed by atoms with van der Waals surface area (Å²) in [5, 5.41) is 10.2. The zero-order valence-corrected chi connectivity index (χ0v) is 9.85. The van der Waals surface area contributed by atoms with Gasteiger partial charge >= 0.3 is 0 Å². The van der Waals surface area contributed by atoms with Gasteiger partial charge in [0.15, 0.2) is 0 Å². The second kappa shape index (κ2) is 3.57. The second-order valence-electron chi connectivity index (χ2n) is 4.75. The smallest absolute Gasteiger partial charge is 0.134 e. The quantitative estimate of drug-likeness (QED) is 0.750. The van der Waals surface area contributed by atoms with Crippen LogP contribution in [0.5, 0.6) is 0 Å². The summed E-state index contributed by atoms with van der Waals surface area (Å²) < 4.78 is 0. The van der Waals surface area contributed by atoms with Crippen molar-refractivity contribution in [3.63, 3.8) is 0 Å². The third kappa shape index (κ3) is 1.57. The van der Waals surface area contributed by atoms with Gasteiger partial charge in [-0.3, -0.25) is 0 Å². The molecule has 1 unspecified atom stereocenters. The van der Waals surface area contributed by atoms with Gasteiger partial charge in [-0.2, -0.15) is 0 Å². The lowest BCUT2D eigenvalue weighted by Crippen LogP contribution is -2.58. The van der Waals surface area contributed by atoms with E-state index in [1.54, 1.807) is 6.07 Å². The number of aliphatic hydroxyl groups is 1. The third-order valence-electron chi connectivity index (χ3n) is 3.60. The molecule has 1 saturated carbocycles. The van der Waals surface area contributed by atoms with Gasteiger partial charge in [-0.15, -0.1) is 0 Å². The molecule has 2 saturated heterocycles. The molecular formula is C11H14ClN3O. The van der Waals surface area contributed by atoms with Crippen LogP contribution < -0.4 is 4.90 Å². The Balaban J connectivity index is 1.83. The topological polar surface area (TPSA) is 49.2 Å². The Hall–Kier alpha value is -0.870. The van der Waals surface area contributed by atoms with Crippen LogP contribution >= 0.6 is 11.6 Å². The minimum absolute atomic E-state index is 0.102. The van der Waals surface area contributed by atoms with Crippen molar-refractivity contribution in [1.82, 2.24) is 9.97 Å². The van der Waals surface area contributed by atoms with Crippen LogP contribution in [0, 0.1) is 18.8 Å². The fourth-order valence-corrected chi connectivity index (χ4v) is 2.95. The summed E-state index contributed by atoms with van der Waals surface area (Å²) in [6.45, 7) is 3.60. The van der Waals surface area contributed by atoms with Crippen LogP contribution in [0.4, 0.5) is 5.82 Å². The molecule has 16 heavy (non-hydrogen) atoms. The van der Waals surface area contributed by atoms with E-state index in [1.807, 2.05) is 6.92 Å². The van der Waals surface area contributed by atoms with Gasteiger partial charge in [0.2, 0.25) is 0 Å². The average Bonchev–Trinajstić information content (AvgIpc) is 2.27. The molecule has 1 aromatic rings. The largest absolute Gasteiger partial charge is 0.392 e. The molecule has 3 aliphatic rings. The predicted molar refractivity (Wildman–Crippen MR) is 61.6 cm³/mol. The van der Waals surface area contributed by atoms with Crippen molar-refractivity contribution >= 4 is 17.4 Å². The molecule has 3 heterocycles. The number of aryl methyl sites for hydroxylation is 1. The highest BCUT2D eigenvalue weighted by Gasteiger charge is 2.46. The highest BCUT2D eigenvalue weighted by Crippen LogP contribution is 2.41. The maximum atomic E-state index is 9.72. The summed E-state index contributed by atoms with van der Waals surface area (Å²) in [6, 6.07) is 1.80. The maximum Gasteiger partial charge on any atom is 0.134 e. The van der Waals surface area contributed by atoms with E-state index in [0.29, 0.717) is 22.8 Å². The number of fused-ring (bicyclic) bond motifs is 2. The van der Waals surface area contributed by atoms with Gasteiger partial charge in [-0.1, -0.05) is 11.6 Å². The van der Waals surface area contributed by atoms with Crippen molar-refractivity contribution in [2.75, 3.05) is 18.0 Å². The zero-order valence-electron chi connectivity index (χ0n) is 9.10. The lowest BCUT2D eigenvalue weighted by atomic mass is 9.68. The fourth-order valence-electron chi connectivity index (χ4n) is 2.73. The molecule has 0 spiro atoms. The molecule has 4 nitrogen and oxygen atoms in total. The average molecular weight is 240 g/mol. The van der Waals surface area contributed by atoms with E-state index < -0.39 is 0 Å². The Labute approximate surface area is 99.3 Å². The number of halogens is 1. The van der Waals surface area contributed by atoms with E-state index in [1.165, 1.54) is 0 Å². The summed E-state index contributed by atoms with van der Waals surface area (Å²) in [6.07, 6.45) is 1.05. The number of piperidine rings is 2. The van der Waals surface area contributed by atoms with E-state index in [2.05, 4.69) is 14.9 Å². The highest BCUT2D eigenvalue weighted by atomic mass is 35.5. The van der Waals surface area contributed by atoms with Crippen LogP contribution in [-0.4, -0.2) is 34.3 Å². The lowest BCUT2D eigenvalue weighted by Gasteiger charge is -2.51. The van der Waals surface area contributed by atoms with Gasteiger partial charge in [0.05, 0.1) is 6.10 Å². The molecule has 86 valence electrons. The Morgan fingerprint density at radius 1 is 1.38 bits per heavy atom. The maximum absolute atomic E-state index is 9.72. The van der Waals surface area contributed by atoms with Gasteiger partial charge in [0.25, 0.3) is 0 Å². The normalized spacial score (nSPS) is 32.4. The summed E-state index contributed by atoms with van der Waals surface area (Å²) in [5.74, 6) is 2.40. The molecule has 0 radical (unpaired) electrons. The summed E-state index contributed by atoms with van der Waals surface area (Å²) in [5.41, 5.74) is 0. The fraction of sp³-hybridized carbons (Fsp3) is 0.636. The van der Waals surface area contributed by atoms with Crippen molar-refractivity contribution in [2.24, 2.45) is 11.8 Å². The summed E-state index contributed by atoms with van der Waals surface area (Å²) >= 11 is 5.92. The van der Waals surface area contributed by atoms with Crippen molar-refractivity contribution in [3.8, 4) is 0 Å². The number of hydrogen-bond donors (Lipinski definition) is 1. The number of rotatable bonds is 1. The molecule has 0 aromatic carbocycles. The summed E-state index contributed by atoms with van der Waals surface area (Å²) in [7, 11) is 0. The molecule has 2 bridgehead atoms. The number of anilines is 1. The molecule has 2 aliphatic heterocycles. The van der Waals surface area contributed by atoms with Crippen LogP contribution in [-0.2, 0) is 0 Å². The number of aliphatic hydroxyl groups excluding tert-OH is 1. The molecule has 0 amide bonds. The minimum atomic E-state index is -0.102. The third-order valence-corrected chi connectivity index (χ3v) is 3.79. The summed E-state index contributed by atoms with van der Waals surface area (Å²) in [4.78, 5) is 10.6. The van der Waals surface area contributed by atoms with Crippen molar-refractivity contribution in [1.29, 1.82) is 0 Å². The van der Waals surface area contributed by atoms with E-state index >= 15 is 0 Å². The van der Waals surface area contributed by atoms with Crippen LogP contribution in [0.1, 0.15) is 12.2 Å². The number of nitrogens with zero attached hydrogens (tertiary/aromatic N) is 3. The molecule has 1 N–H and O–H groups in total. The predicted octanol–water partition coefficient (Wildman–Crippen LogP) is 1.26. The van der Waals surface area contributed by atoms with Crippen LogP contribution in [0.3, 0.4) is 0 Å². The first-order valence-corrected chi connectivity index (χ1v) is 5.95. The molecule has 1 aromatic heterocycles. The minimum Gasteiger partial charge on any atom is -0.392 e. The number of aromatic nitrogens is 2. The van der Waals surface area contributed by atoms with E-state index in [4.69, 9.17) is 11.6 Å². The van der Waals surface area contributed by atoms with E-state index in [0.717, 1.165) is 25.3 Å². The van der Waals surface area contributed by atoms with Crippen molar-refractivity contribution in [2.45, 2.75) is 19.4 Å². The molecule has 5 heteroatoms. The first-order chi connectivity index (χ1) is 7.63. The standard InChI is InChI=1S/C11H14ClN3O/c1-6-13-9(12)3-10(14-6)15-4-7-2-8(5-15)11(7)16/h3,7-8,11,16H,2,4-5H2,1H3/t7-,8+,11?. The van der Waals surface area contributed by atoms with Gasteiger partial charge in [0, 0.05) is 31.0 Å².